The molecule has 2 aromatic rings. The van der Waals surface area contributed by atoms with Crippen LogP contribution < -0.4 is 5.73 Å². The number of nitrogens with two attached hydrogens (primary N) is 1. The molecule has 1 aliphatic rings. The maximum atomic E-state index is 5.72. The first-order chi connectivity index (χ1) is 10.3. The Morgan fingerprint density at radius 2 is 1.70 bits per heavy atom. The Labute approximate surface area is 150 Å². The van der Waals surface area contributed by atoms with Gasteiger partial charge in [-0.2, -0.15) is 0 Å². The highest BCUT2D eigenvalue weighted by Crippen LogP contribution is 2.13. The molecule has 1 aromatic carbocycles. The van der Waals surface area contributed by atoms with Crippen LogP contribution in [0.3, 0.4) is 0 Å². The third-order valence-electron chi connectivity index (χ3n) is 4.06. The van der Waals surface area contributed by atoms with Gasteiger partial charge in [-0.3, -0.25) is 4.98 Å². The van der Waals surface area contributed by atoms with Crippen molar-refractivity contribution >= 4 is 30.6 Å². The summed E-state index contributed by atoms with van der Waals surface area (Å²) in [6, 6.07) is 10.7. The monoisotopic (exact) mass is 354 g/mol. The number of hydrogen-bond donors (Lipinski definition) is 1. The molecule has 0 spiro atoms. The second-order valence-corrected chi connectivity index (χ2v) is 5.62. The van der Waals surface area contributed by atoms with E-state index in [9.17, 15) is 0 Å². The molecule has 3 rings (SSSR count). The van der Waals surface area contributed by atoms with E-state index < -0.39 is 0 Å². The van der Waals surface area contributed by atoms with Gasteiger partial charge in [0.25, 0.3) is 0 Å². The number of aryl methyl sites for hydroxylation is 1. The van der Waals surface area contributed by atoms with Crippen molar-refractivity contribution in [1.29, 1.82) is 0 Å². The summed E-state index contributed by atoms with van der Waals surface area (Å²) < 4.78 is 0. The van der Waals surface area contributed by atoms with Crippen LogP contribution in [0.2, 0.25) is 0 Å². The summed E-state index contributed by atoms with van der Waals surface area (Å²) >= 11 is 0. The number of nitrogen functional groups attached to an aromatic ring is 1. The smallest absolute Gasteiger partial charge is 0.142 e. The largest absolute Gasteiger partial charge is 0.382 e. The van der Waals surface area contributed by atoms with E-state index in [1.807, 2.05) is 0 Å². The van der Waals surface area contributed by atoms with Gasteiger partial charge in [0.2, 0.25) is 0 Å². The zero-order chi connectivity index (χ0) is 14.5. The van der Waals surface area contributed by atoms with E-state index in [0.29, 0.717) is 5.82 Å². The van der Waals surface area contributed by atoms with Crippen molar-refractivity contribution in [3.63, 3.8) is 0 Å². The first kappa shape index (κ1) is 19.7. The predicted molar refractivity (Wildman–Crippen MR) is 99.6 cm³/mol. The first-order valence-corrected chi connectivity index (χ1v) is 7.68. The highest BCUT2D eigenvalue weighted by Gasteiger charge is 2.15. The van der Waals surface area contributed by atoms with Gasteiger partial charge in [0.05, 0.1) is 17.6 Å². The maximum Gasteiger partial charge on any atom is 0.142 e. The molecule has 0 radical (unpaired) electrons. The number of halogens is 2. The number of fused-ring (bicyclic) bond motifs is 1. The second-order valence-electron chi connectivity index (χ2n) is 5.62. The Kier molecular flexibility index (Phi) is 8.31. The standard InChI is InChI=1S/C17H22N4.2ClH/c18-17-13-19-15-8-11-21(12-9-16(15)20-17)10-4-7-14-5-2-1-3-6-14;;/h1-3,5-6,13H,4,7-12H2,(H2,18,20);2*1H. The Hall–Kier alpha value is -1.36. The van der Waals surface area contributed by atoms with Crippen molar-refractivity contribution in [3.05, 3.63) is 53.5 Å². The minimum atomic E-state index is 0. The third-order valence-corrected chi connectivity index (χ3v) is 4.06. The maximum absolute atomic E-state index is 5.72. The molecule has 23 heavy (non-hydrogen) atoms. The summed E-state index contributed by atoms with van der Waals surface area (Å²) in [6.07, 6.45) is 5.95. The quantitative estimate of drug-likeness (QED) is 0.916. The fourth-order valence-corrected chi connectivity index (χ4v) is 2.89. The van der Waals surface area contributed by atoms with Crippen LogP contribution in [-0.4, -0.2) is 34.5 Å². The molecule has 0 saturated carbocycles. The van der Waals surface area contributed by atoms with Crippen molar-refractivity contribution in [2.75, 3.05) is 25.4 Å². The molecule has 2 N–H and O–H groups in total. The molecule has 0 unspecified atom stereocenters. The number of rotatable bonds is 4. The van der Waals surface area contributed by atoms with Crippen LogP contribution in [0.5, 0.6) is 0 Å². The van der Waals surface area contributed by atoms with E-state index in [1.165, 1.54) is 12.0 Å². The lowest BCUT2D eigenvalue weighted by atomic mass is 10.1. The topological polar surface area (TPSA) is 55.0 Å². The zero-order valence-corrected chi connectivity index (χ0v) is 14.8. The fraction of sp³-hybridized carbons (Fsp3) is 0.412. The molecule has 0 saturated heterocycles. The Bertz CT molecular complexity index is 592. The highest BCUT2D eigenvalue weighted by molar-refractivity contribution is 5.85. The van der Waals surface area contributed by atoms with Gasteiger partial charge in [0.15, 0.2) is 0 Å². The van der Waals surface area contributed by atoms with Crippen LogP contribution in [-0.2, 0) is 19.3 Å². The van der Waals surface area contributed by atoms with Crippen molar-refractivity contribution in [2.45, 2.75) is 25.7 Å². The minimum absolute atomic E-state index is 0. The minimum Gasteiger partial charge on any atom is -0.382 e. The molecule has 0 aliphatic carbocycles. The van der Waals surface area contributed by atoms with Crippen molar-refractivity contribution in [2.24, 2.45) is 0 Å². The lowest BCUT2D eigenvalue weighted by Gasteiger charge is -2.19. The summed E-state index contributed by atoms with van der Waals surface area (Å²) in [6.45, 7) is 3.26. The molecule has 0 fully saturated rings. The van der Waals surface area contributed by atoms with E-state index in [2.05, 4.69) is 45.2 Å². The van der Waals surface area contributed by atoms with Crippen molar-refractivity contribution < 1.29 is 0 Å². The molecular weight excluding hydrogens is 331 g/mol. The zero-order valence-electron chi connectivity index (χ0n) is 13.1. The molecule has 6 heteroatoms. The van der Waals surface area contributed by atoms with Gasteiger partial charge in [-0.1, -0.05) is 30.3 Å². The van der Waals surface area contributed by atoms with Gasteiger partial charge in [0, 0.05) is 25.9 Å². The van der Waals surface area contributed by atoms with Gasteiger partial charge < -0.3 is 10.6 Å². The Balaban J connectivity index is 0.00000132. The van der Waals surface area contributed by atoms with Crippen LogP contribution in [0.4, 0.5) is 5.82 Å². The molecule has 2 heterocycles. The molecule has 1 aromatic heterocycles. The fourth-order valence-electron chi connectivity index (χ4n) is 2.89. The molecular formula is C17H24Cl2N4. The summed E-state index contributed by atoms with van der Waals surface area (Å²) in [7, 11) is 0. The van der Waals surface area contributed by atoms with Crippen LogP contribution in [0.25, 0.3) is 0 Å². The molecule has 0 bridgehead atoms. The summed E-state index contributed by atoms with van der Waals surface area (Å²) in [5.74, 6) is 0.534. The number of hydrogen-bond acceptors (Lipinski definition) is 4. The van der Waals surface area contributed by atoms with Crippen LogP contribution in [0, 0.1) is 0 Å². The van der Waals surface area contributed by atoms with Gasteiger partial charge in [-0.05, 0) is 24.9 Å². The molecule has 126 valence electrons. The molecule has 0 atom stereocenters. The number of anilines is 1. The Morgan fingerprint density at radius 3 is 2.43 bits per heavy atom. The molecule has 0 amide bonds. The second kappa shape index (κ2) is 9.71. The molecule has 4 nitrogen and oxygen atoms in total. The Morgan fingerprint density at radius 1 is 1.00 bits per heavy atom. The lowest BCUT2D eigenvalue weighted by molar-refractivity contribution is 0.283. The number of aromatic nitrogens is 2. The first-order valence-electron chi connectivity index (χ1n) is 7.68. The SMILES string of the molecule is Cl.Cl.Nc1cnc2c(n1)CCN(CCCc1ccccc1)CC2. The van der Waals surface area contributed by atoms with Crippen LogP contribution in [0.15, 0.2) is 36.5 Å². The van der Waals surface area contributed by atoms with E-state index >= 15 is 0 Å². The number of nitrogens with zero attached hydrogens (tertiary/aromatic N) is 3. The van der Waals surface area contributed by atoms with E-state index in [4.69, 9.17) is 5.73 Å². The summed E-state index contributed by atoms with van der Waals surface area (Å²) in [5.41, 5.74) is 9.35. The normalized spacial score (nSPS) is 14.1. The molecule has 1 aliphatic heterocycles. The third kappa shape index (κ3) is 5.65. The highest BCUT2D eigenvalue weighted by atomic mass is 35.5. The van der Waals surface area contributed by atoms with Gasteiger partial charge in [-0.25, -0.2) is 4.98 Å². The average Bonchev–Trinajstić information content (AvgIpc) is 2.71. The predicted octanol–water partition coefficient (Wildman–Crippen LogP) is 2.94. The van der Waals surface area contributed by atoms with Crippen LogP contribution >= 0.6 is 24.8 Å². The number of benzene rings is 1. The summed E-state index contributed by atoms with van der Waals surface area (Å²) in [5, 5.41) is 0. The average molecular weight is 355 g/mol. The summed E-state index contributed by atoms with van der Waals surface area (Å²) in [4.78, 5) is 11.4. The van der Waals surface area contributed by atoms with E-state index in [0.717, 1.165) is 50.3 Å². The van der Waals surface area contributed by atoms with E-state index in [1.54, 1.807) is 6.20 Å². The van der Waals surface area contributed by atoms with Gasteiger partial charge >= 0.3 is 0 Å². The van der Waals surface area contributed by atoms with E-state index in [-0.39, 0.29) is 24.8 Å². The van der Waals surface area contributed by atoms with Gasteiger partial charge in [0.1, 0.15) is 5.82 Å². The van der Waals surface area contributed by atoms with Crippen molar-refractivity contribution in [1.82, 2.24) is 14.9 Å². The van der Waals surface area contributed by atoms with Crippen molar-refractivity contribution in [3.8, 4) is 0 Å². The van der Waals surface area contributed by atoms with Crippen LogP contribution in [0.1, 0.15) is 23.4 Å². The van der Waals surface area contributed by atoms with Gasteiger partial charge in [-0.15, -0.1) is 24.8 Å². The lowest BCUT2D eigenvalue weighted by Crippen LogP contribution is -2.27.